The molecule has 0 radical (unpaired) electrons. The van der Waals surface area contributed by atoms with Gasteiger partial charge in [0.1, 0.15) is 18.3 Å². The molecule has 1 N–H and O–H groups in total. The van der Waals surface area contributed by atoms with Gasteiger partial charge in [-0.15, -0.1) is 0 Å². The molecule has 0 spiro atoms. The molecule has 0 fully saturated rings. The molecule has 11 heteroatoms. The first-order valence-corrected chi connectivity index (χ1v) is 13.2. The highest BCUT2D eigenvalue weighted by molar-refractivity contribution is 7.92. The number of halogens is 2. The summed E-state index contributed by atoms with van der Waals surface area (Å²) in [5.74, 6) is -0.339. The molecular weight excluding hydrogens is 501 g/mol. The molecule has 0 saturated heterocycles. The first-order chi connectivity index (χ1) is 16.0. The topological polar surface area (TPSA) is 96.0 Å². The Balaban J connectivity index is 2.45. The average molecular weight is 530 g/mol. The summed E-state index contributed by atoms with van der Waals surface area (Å²) in [6.07, 6.45) is 1.34. The highest BCUT2D eigenvalue weighted by Crippen LogP contribution is 2.25. The molecule has 0 saturated carbocycles. The molecule has 0 aliphatic carbocycles. The molecule has 1 atom stereocenters. The molecule has 2 aromatic carbocycles. The van der Waals surface area contributed by atoms with Gasteiger partial charge in [-0.05, 0) is 55.3 Å². The van der Waals surface area contributed by atoms with Crippen LogP contribution in [0.3, 0.4) is 0 Å². The predicted octanol–water partition coefficient (Wildman–Crippen LogP) is 3.71. The second-order valence-electron chi connectivity index (χ2n) is 7.54. The maximum absolute atomic E-state index is 13.5. The number of nitrogens with one attached hydrogen (secondary N) is 1. The summed E-state index contributed by atoms with van der Waals surface area (Å²) in [4.78, 5) is 27.7. The lowest BCUT2D eigenvalue weighted by atomic mass is 10.1. The van der Waals surface area contributed by atoms with Gasteiger partial charge in [0.15, 0.2) is 0 Å². The first-order valence-electron chi connectivity index (χ1n) is 10.6. The molecule has 8 nitrogen and oxygen atoms in total. The van der Waals surface area contributed by atoms with Crippen molar-refractivity contribution in [2.45, 2.75) is 32.9 Å². The molecule has 0 unspecified atom stereocenters. The van der Waals surface area contributed by atoms with Crippen molar-refractivity contribution in [3.8, 4) is 5.75 Å². The summed E-state index contributed by atoms with van der Waals surface area (Å²) in [6, 6.07) is 10.3. The van der Waals surface area contributed by atoms with E-state index in [1.165, 1.54) is 12.0 Å². The van der Waals surface area contributed by atoms with E-state index in [0.717, 1.165) is 10.6 Å². The zero-order valence-electron chi connectivity index (χ0n) is 19.5. The molecular formula is C23H29Cl2N3O5S. The molecule has 2 aromatic rings. The van der Waals surface area contributed by atoms with Crippen LogP contribution in [0.5, 0.6) is 5.75 Å². The third kappa shape index (κ3) is 7.25. The van der Waals surface area contributed by atoms with Crippen LogP contribution in [0.1, 0.15) is 25.8 Å². The van der Waals surface area contributed by atoms with E-state index in [-0.39, 0.29) is 12.5 Å². The van der Waals surface area contributed by atoms with Crippen LogP contribution in [-0.4, -0.2) is 57.6 Å². The largest absolute Gasteiger partial charge is 0.497 e. The van der Waals surface area contributed by atoms with Gasteiger partial charge in [0, 0.05) is 23.1 Å². The Hall–Kier alpha value is -2.49. The fourth-order valence-corrected chi connectivity index (χ4v) is 4.73. The van der Waals surface area contributed by atoms with Crippen molar-refractivity contribution in [1.82, 2.24) is 10.2 Å². The van der Waals surface area contributed by atoms with Crippen LogP contribution in [0.15, 0.2) is 42.5 Å². The van der Waals surface area contributed by atoms with Crippen molar-refractivity contribution in [1.29, 1.82) is 0 Å². The van der Waals surface area contributed by atoms with Crippen LogP contribution in [0.2, 0.25) is 10.0 Å². The first kappa shape index (κ1) is 27.8. The van der Waals surface area contributed by atoms with Crippen LogP contribution < -0.4 is 14.4 Å². The fraction of sp³-hybridized carbons (Fsp3) is 0.391. The minimum Gasteiger partial charge on any atom is -0.497 e. The predicted molar refractivity (Wildman–Crippen MR) is 135 cm³/mol. The smallest absolute Gasteiger partial charge is 0.244 e. The third-order valence-corrected chi connectivity index (χ3v) is 6.86. The number of carbonyl (C=O) groups excluding carboxylic acids is 2. The minimum absolute atomic E-state index is 0.00465. The number of rotatable bonds is 11. The lowest BCUT2D eigenvalue weighted by Crippen LogP contribution is -2.52. The van der Waals surface area contributed by atoms with Gasteiger partial charge in [0.05, 0.1) is 19.1 Å². The third-order valence-electron chi connectivity index (χ3n) is 5.13. The van der Waals surface area contributed by atoms with Crippen molar-refractivity contribution in [2.24, 2.45) is 0 Å². The molecule has 2 rings (SSSR count). The summed E-state index contributed by atoms with van der Waals surface area (Å²) in [5, 5.41) is 3.51. The molecule has 34 heavy (non-hydrogen) atoms. The van der Waals surface area contributed by atoms with Crippen molar-refractivity contribution in [2.75, 3.05) is 30.8 Å². The number of anilines is 1. The molecule has 0 aromatic heterocycles. The van der Waals surface area contributed by atoms with E-state index in [9.17, 15) is 18.0 Å². The van der Waals surface area contributed by atoms with E-state index in [4.69, 9.17) is 27.9 Å². The number of nitrogens with zero attached hydrogens (tertiary/aromatic N) is 2. The maximum Gasteiger partial charge on any atom is 0.244 e. The Labute approximate surface area is 210 Å². The standard InChI is InChI=1S/C23H29Cl2N3O5S/c1-5-21(23(30)26-6-2)27(14-16-7-8-17(24)13-20(16)25)22(29)15-28(34(4,31)32)18-9-11-19(33-3)12-10-18/h7-13,21H,5-6,14-15H2,1-4H3,(H,26,30)/t21-/m0/s1. The van der Waals surface area contributed by atoms with Crippen LogP contribution in [-0.2, 0) is 26.2 Å². The second-order valence-corrected chi connectivity index (χ2v) is 10.3. The number of hydrogen-bond donors (Lipinski definition) is 1. The molecule has 0 aliphatic heterocycles. The molecule has 2 amide bonds. The number of hydrogen-bond acceptors (Lipinski definition) is 5. The number of carbonyl (C=O) groups is 2. The van der Waals surface area contributed by atoms with Crippen molar-refractivity contribution < 1.29 is 22.7 Å². The van der Waals surface area contributed by atoms with Crippen LogP contribution >= 0.6 is 23.2 Å². The van der Waals surface area contributed by atoms with E-state index in [1.807, 2.05) is 0 Å². The Kier molecular flexibility index (Phi) is 10.0. The van der Waals surface area contributed by atoms with E-state index < -0.39 is 28.5 Å². The summed E-state index contributed by atoms with van der Waals surface area (Å²) >= 11 is 12.3. The Morgan fingerprint density at radius 3 is 2.24 bits per heavy atom. The number of ether oxygens (including phenoxy) is 1. The average Bonchev–Trinajstić information content (AvgIpc) is 2.78. The number of likely N-dealkylation sites (N-methyl/N-ethyl adjacent to an activating group) is 1. The van der Waals surface area contributed by atoms with E-state index >= 15 is 0 Å². The Bertz CT molecular complexity index is 1110. The van der Waals surface area contributed by atoms with Crippen molar-refractivity contribution in [3.63, 3.8) is 0 Å². The zero-order chi connectivity index (χ0) is 25.5. The molecule has 0 bridgehead atoms. The van der Waals surface area contributed by atoms with Crippen molar-refractivity contribution in [3.05, 3.63) is 58.1 Å². The van der Waals surface area contributed by atoms with Gasteiger partial charge in [-0.1, -0.05) is 36.2 Å². The van der Waals surface area contributed by atoms with Gasteiger partial charge >= 0.3 is 0 Å². The van der Waals surface area contributed by atoms with Gasteiger partial charge in [0.25, 0.3) is 0 Å². The second kappa shape index (κ2) is 12.3. The molecule has 0 heterocycles. The van der Waals surface area contributed by atoms with Crippen LogP contribution in [0, 0.1) is 0 Å². The maximum atomic E-state index is 13.5. The fourth-order valence-electron chi connectivity index (χ4n) is 3.41. The van der Waals surface area contributed by atoms with Gasteiger partial charge in [-0.25, -0.2) is 8.42 Å². The molecule has 0 aliphatic rings. The SMILES string of the molecule is CCNC(=O)[C@H](CC)N(Cc1ccc(Cl)cc1Cl)C(=O)CN(c1ccc(OC)cc1)S(C)(=O)=O. The number of sulfonamides is 1. The van der Waals surface area contributed by atoms with Gasteiger partial charge < -0.3 is 15.0 Å². The van der Waals surface area contributed by atoms with Gasteiger partial charge in [-0.2, -0.15) is 0 Å². The highest BCUT2D eigenvalue weighted by atomic mass is 35.5. The summed E-state index contributed by atoms with van der Waals surface area (Å²) in [6.45, 7) is 3.46. The van der Waals surface area contributed by atoms with E-state index in [0.29, 0.717) is 40.0 Å². The highest BCUT2D eigenvalue weighted by Gasteiger charge is 2.32. The Morgan fingerprint density at radius 2 is 1.74 bits per heavy atom. The van der Waals surface area contributed by atoms with Gasteiger partial charge in [0.2, 0.25) is 21.8 Å². The molecule has 186 valence electrons. The zero-order valence-corrected chi connectivity index (χ0v) is 21.9. The number of methoxy groups -OCH3 is 1. The van der Waals surface area contributed by atoms with E-state index in [2.05, 4.69) is 5.32 Å². The number of amides is 2. The van der Waals surface area contributed by atoms with Crippen molar-refractivity contribution >= 4 is 50.7 Å². The van der Waals surface area contributed by atoms with Crippen LogP contribution in [0.4, 0.5) is 5.69 Å². The quantitative estimate of drug-likeness (QED) is 0.478. The van der Waals surface area contributed by atoms with Crippen LogP contribution in [0.25, 0.3) is 0 Å². The van der Waals surface area contributed by atoms with E-state index in [1.54, 1.807) is 56.3 Å². The monoisotopic (exact) mass is 529 g/mol. The van der Waals surface area contributed by atoms with Gasteiger partial charge in [-0.3, -0.25) is 13.9 Å². The summed E-state index contributed by atoms with van der Waals surface area (Å²) < 4.78 is 31.3. The Morgan fingerprint density at radius 1 is 1.09 bits per heavy atom. The normalized spacial score (nSPS) is 12.1. The summed E-state index contributed by atoms with van der Waals surface area (Å²) in [7, 11) is -2.32. The summed E-state index contributed by atoms with van der Waals surface area (Å²) in [5.41, 5.74) is 0.879. The number of benzene rings is 2. The minimum atomic E-state index is -3.81. The lowest BCUT2D eigenvalue weighted by Gasteiger charge is -2.33. The lowest BCUT2D eigenvalue weighted by molar-refractivity contribution is -0.140.